The third-order valence-electron chi connectivity index (χ3n) is 3.62. The molecule has 0 fully saturated rings. The summed E-state index contributed by atoms with van der Waals surface area (Å²) in [5.41, 5.74) is 0. The second-order valence-corrected chi connectivity index (χ2v) is 7.07. The highest BCUT2D eigenvalue weighted by Crippen LogP contribution is 2.09. The van der Waals surface area contributed by atoms with Crippen LogP contribution in [0.5, 0.6) is 0 Å². The molecule has 0 amide bonds. The van der Waals surface area contributed by atoms with Gasteiger partial charge in [0.25, 0.3) is 0 Å². The molecule has 2 heterocycles. The summed E-state index contributed by atoms with van der Waals surface area (Å²) in [6.45, 7) is 7.06. The molecule has 0 saturated carbocycles. The Bertz CT molecular complexity index is 600. The minimum absolute atomic E-state index is 0.607. The first-order valence-electron chi connectivity index (χ1n) is 8.04. The summed E-state index contributed by atoms with van der Waals surface area (Å²) < 4.78 is 2.20. The maximum atomic E-state index is 4.45. The number of aliphatic imine (C=N–C) groups is 1. The van der Waals surface area contributed by atoms with Crippen LogP contribution in [0, 0.1) is 5.92 Å². The van der Waals surface area contributed by atoms with Crippen LogP contribution in [0.15, 0.2) is 34.9 Å². The van der Waals surface area contributed by atoms with Gasteiger partial charge < -0.3 is 14.8 Å². The van der Waals surface area contributed by atoms with Crippen LogP contribution in [0.1, 0.15) is 24.5 Å². The Morgan fingerprint density at radius 3 is 2.96 bits per heavy atom. The summed E-state index contributed by atoms with van der Waals surface area (Å²) in [6.07, 6.45) is 4.94. The van der Waals surface area contributed by atoms with Crippen molar-refractivity contribution in [3.05, 3.63) is 40.6 Å². The number of thiophene rings is 1. The van der Waals surface area contributed by atoms with Crippen molar-refractivity contribution in [2.24, 2.45) is 10.9 Å². The number of rotatable bonds is 7. The normalized spacial score (nSPS) is 12.0. The Hall–Kier alpha value is -1.82. The van der Waals surface area contributed by atoms with Gasteiger partial charge in [-0.25, -0.2) is 4.98 Å². The van der Waals surface area contributed by atoms with Crippen molar-refractivity contribution in [1.29, 1.82) is 0 Å². The fourth-order valence-electron chi connectivity index (χ4n) is 2.45. The third-order valence-corrected chi connectivity index (χ3v) is 4.55. The molecule has 2 aromatic heterocycles. The standard InChI is InChI=1S/C17H27N5S/c1-14(2)13-22-10-8-19-16(22)12-20-17(18-3)21(4)9-7-15-6-5-11-23-15/h5-6,8,10-11,14H,7,9,12-13H2,1-4H3,(H,18,20). The van der Waals surface area contributed by atoms with E-state index >= 15 is 0 Å². The van der Waals surface area contributed by atoms with Crippen molar-refractivity contribution in [3.63, 3.8) is 0 Å². The van der Waals surface area contributed by atoms with Crippen molar-refractivity contribution in [3.8, 4) is 0 Å². The van der Waals surface area contributed by atoms with Gasteiger partial charge in [0.1, 0.15) is 5.82 Å². The Morgan fingerprint density at radius 1 is 1.48 bits per heavy atom. The molecule has 126 valence electrons. The van der Waals surface area contributed by atoms with E-state index in [-0.39, 0.29) is 0 Å². The van der Waals surface area contributed by atoms with Crippen LogP contribution in [0.4, 0.5) is 0 Å². The highest BCUT2D eigenvalue weighted by molar-refractivity contribution is 7.09. The Morgan fingerprint density at radius 2 is 2.30 bits per heavy atom. The topological polar surface area (TPSA) is 45.5 Å². The molecular formula is C17H27N5S. The van der Waals surface area contributed by atoms with Gasteiger partial charge in [0.05, 0.1) is 6.54 Å². The molecule has 1 N–H and O–H groups in total. The van der Waals surface area contributed by atoms with E-state index in [0.717, 1.165) is 31.3 Å². The molecule has 23 heavy (non-hydrogen) atoms. The van der Waals surface area contributed by atoms with Gasteiger partial charge in [-0.15, -0.1) is 11.3 Å². The van der Waals surface area contributed by atoms with E-state index in [1.165, 1.54) is 4.88 Å². The molecule has 2 aromatic rings. The Labute approximate surface area is 143 Å². The molecule has 2 rings (SSSR count). The summed E-state index contributed by atoms with van der Waals surface area (Å²) in [4.78, 5) is 12.4. The van der Waals surface area contributed by atoms with Crippen LogP contribution in [0.3, 0.4) is 0 Å². The molecular weight excluding hydrogens is 306 g/mol. The highest BCUT2D eigenvalue weighted by atomic mass is 32.1. The van der Waals surface area contributed by atoms with E-state index in [1.807, 2.05) is 19.4 Å². The van der Waals surface area contributed by atoms with E-state index in [4.69, 9.17) is 0 Å². The molecule has 6 heteroatoms. The van der Waals surface area contributed by atoms with Gasteiger partial charge in [-0.1, -0.05) is 19.9 Å². The van der Waals surface area contributed by atoms with Crippen molar-refractivity contribution in [1.82, 2.24) is 19.8 Å². The number of imidazole rings is 1. The van der Waals surface area contributed by atoms with E-state index < -0.39 is 0 Å². The second kappa shape index (κ2) is 8.72. The largest absolute Gasteiger partial charge is 0.349 e. The fourth-order valence-corrected chi connectivity index (χ4v) is 3.15. The van der Waals surface area contributed by atoms with Gasteiger partial charge in [0, 0.05) is 44.5 Å². The van der Waals surface area contributed by atoms with Crippen LogP contribution in [-0.4, -0.2) is 41.1 Å². The Kier molecular flexibility index (Phi) is 6.65. The molecule has 0 aliphatic heterocycles. The van der Waals surface area contributed by atoms with Crippen LogP contribution < -0.4 is 5.32 Å². The van der Waals surface area contributed by atoms with Crippen LogP contribution in [0.25, 0.3) is 0 Å². The molecule has 0 aliphatic rings. The number of nitrogens with one attached hydrogen (secondary N) is 1. The lowest BCUT2D eigenvalue weighted by Gasteiger charge is -2.22. The number of nitrogens with zero attached hydrogens (tertiary/aromatic N) is 4. The summed E-state index contributed by atoms with van der Waals surface area (Å²) in [6, 6.07) is 4.28. The SMILES string of the molecule is CN=C(NCc1nccn1CC(C)C)N(C)CCc1cccs1. The number of hydrogen-bond donors (Lipinski definition) is 1. The predicted molar refractivity (Wildman–Crippen MR) is 97.9 cm³/mol. The van der Waals surface area contributed by atoms with Gasteiger partial charge in [-0.05, 0) is 23.8 Å². The zero-order valence-corrected chi connectivity index (χ0v) is 15.3. The zero-order valence-electron chi connectivity index (χ0n) is 14.5. The lowest BCUT2D eigenvalue weighted by Crippen LogP contribution is -2.40. The first-order valence-corrected chi connectivity index (χ1v) is 8.92. The molecule has 0 bridgehead atoms. The molecule has 0 unspecified atom stereocenters. The monoisotopic (exact) mass is 333 g/mol. The van der Waals surface area contributed by atoms with E-state index in [2.05, 4.69) is 63.2 Å². The molecule has 0 saturated heterocycles. The second-order valence-electron chi connectivity index (χ2n) is 6.04. The fraction of sp³-hybridized carbons (Fsp3) is 0.529. The van der Waals surface area contributed by atoms with Gasteiger partial charge in [-0.3, -0.25) is 4.99 Å². The maximum absolute atomic E-state index is 4.45. The van der Waals surface area contributed by atoms with Crippen LogP contribution >= 0.6 is 11.3 Å². The summed E-state index contributed by atoms with van der Waals surface area (Å²) in [5.74, 6) is 2.56. The van der Waals surface area contributed by atoms with E-state index in [9.17, 15) is 0 Å². The molecule has 5 nitrogen and oxygen atoms in total. The number of guanidine groups is 1. The maximum Gasteiger partial charge on any atom is 0.193 e. The molecule has 0 radical (unpaired) electrons. The van der Waals surface area contributed by atoms with E-state index in [1.54, 1.807) is 11.3 Å². The number of aromatic nitrogens is 2. The summed E-state index contributed by atoms with van der Waals surface area (Å²) >= 11 is 1.80. The lowest BCUT2D eigenvalue weighted by molar-refractivity contribution is 0.476. The van der Waals surface area contributed by atoms with Gasteiger partial charge >= 0.3 is 0 Å². The van der Waals surface area contributed by atoms with Crippen molar-refractivity contribution in [2.45, 2.75) is 33.4 Å². The average molecular weight is 334 g/mol. The van der Waals surface area contributed by atoms with Gasteiger partial charge in [-0.2, -0.15) is 0 Å². The molecule has 0 spiro atoms. The predicted octanol–water partition coefficient (Wildman–Crippen LogP) is 2.85. The van der Waals surface area contributed by atoms with Crippen molar-refractivity contribution < 1.29 is 0 Å². The first kappa shape index (κ1) is 17.5. The highest BCUT2D eigenvalue weighted by Gasteiger charge is 2.09. The van der Waals surface area contributed by atoms with Gasteiger partial charge in [0.15, 0.2) is 5.96 Å². The van der Waals surface area contributed by atoms with Crippen molar-refractivity contribution in [2.75, 3.05) is 20.6 Å². The minimum Gasteiger partial charge on any atom is -0.349 e. The summed E-state index contributed by atoms with van der Waals surface area (Å²) in [7, 11) is 3.90. The van der Waals surface area contributed by atoms with Crippen LogP contribution in [0.2, 0.25) is 0 Å². The minimum atomic E-state index is 0.607. The molecule has 0 atom stereocenters. The first-order chi connectivity index (χ1) is 11.1. The van der Waals surface area contributed by atoms with Crippen molar-refractivity contribution >= 4 is 17.3 Å². The molecule has 0 aromatic carbocycles. The Balaban J connectivity index is 1.86. The quantitative estimate of drug-likeness (QED) is 0.626. The van der Waals surface area contributed by atoms with Crippen LogP contribution in [-0.2, 0) is 19.5 Å². The summed E-state index contributed by atoms with van der Waals surface area (Å²) in [5, 5.41) is 5.53. The third kappa shape index (κ3) is 5.39. The number of likely N-dealkylation sites (N-methyl/N-ethyl adjacent to an activating group) is 1. The zero-order chi connectivity index (χ0) is 16.7. The van der Waals surface area contributed by atoms with Gasteiger partial charge in [0.2, 0.25) is 0 Å². The average Bonchev–Trinajstić information content (AvgIpc) is 3.17. The lowest BCUT2D eigenvalue weighted by atomic mass is 10.2. The molecule has 0 aliphatic carbocycles. The smallest absolute Gasteiger partial charge is 0.193 e. The van der Waals surface area contributed by atoms with E-state index in [0.29, 0.717) is 12.5 Å². The number of hydrogen-bond acceptors (Lipinski definition) is 3.